The summed E-state index contributed by atoms with van der Waals surface area (Å²) in [6.07, 6.45) is 3.83. The van der Waals surface area contributed by atoms with Crippen LogP contribution in [0.3, 0.4) is 0 Å². The maximum Gasteiger partial charge on any atom is 0.0367 e. The van der Waals surface area contributed by atoms with Gasteiger partial charge in [0.2, 0.25) is 0 Å². The first-order valence-electron chi connectivity index (χ1n) is 7.86. The van der Waals surface area contributed by atoms with Crippen molar-refractivity contribution in [1.29, 1.82) is 0 Å². The molecule has 0 aliphatic heterocycles. The van der Waals surface area contributed by atoms with Crippen LogP contribution in [-0.2, 0) is 13.0 Å². The molecule has 2 aromatic rings. The van der Waals surface area contributed by atoms with E-state index in [0.29, 0.717) is 12.5 Å². The lowest BCUT2D eigenvalue weighted by atomic mass is 9.82. The number of fused-ring (bicyclic) bond motifs is 1. The Bertz CT molecular complexity index is 606. The average Bonchev–Trinajstić information content (AvgIpc) is 2.55. The van der Waals surface area contributed by atoms with Gasteiger partial charge in [0.1, 0.15) is 0 Å². The normalized spacial score (nSPS) is 17.3. The predicted molar refractivity (Wildman–Crippen MR) is 89.7 cm³/mol. The Morgan fingerprint density at radius 2 is 2.00 bits per heavy atom. The molecule has 1 aliphatic carbocycles. The largest absolute Gasteiger partial charge is 0.374 e. The van der Waals surface area contributed by atoms with E-state index in [1.165, 1.54) is 36.1 Å². The van der Waals surface area contributed by atoms with Gasteiger partial charge in [-0.1, -0.05) is 36.4 Å². The minimum absolute atomic E-state index is 0.605. The van der Waals surface area contributed by atoms with Crippen LogP contribution < -0.4 is 10.6 Å². The number of hydrogen-bond donors (Lipinski definition) is 1. The van der Waals surface area contributed by atoms with Crippen molar-refractivity contribution in [2.75, 3.05) is 18.5 Å². The topological polar surface area (TPSA) is 29.3 Å². The minimum atomic E-state index is 0.605. The van der Waals surface area contributed by atoms with E-state index in [9.17, 15) is 0 Å². The lowest BCUT2D eigenvalue weighted by Crippen LogP contribution is -2.26. The molecule has 110 valence electrons. The van der Waals surface area contributed by atoms with Crippen molar-refractivity contribution in [3.8, 4) is 0 Å². The minimum Gasteiger partial charge on any atom is -0.374 e. The zero-order chi connectivity index (χ0) is 14.7. The third kappa shape index (κ3) is 3.11. The molecule has 0 saturated heterocycles. The second kappa shape index (κ2) is 6.31. The fourth-order valence-electron chi connectivity index (χ4n) is 3.40. The third-order valence-electron chi connectivity index (χ3n) is 4.57. The number of hydrogen-bond acceptors (Lipinski definition) is 2. The van der Waals surface area contributed by atoms with Crippen LogP contribution in [0.2, 0.25) is 0 Å². The number of anilines is 1. The molecule has 0 spiro atoms. The van der Waals surface area contributed by atoms with Crippen molar-refractivity contribution in [3.63, 3.8) is 0 Å². The highest BCUT2D eigenvalue weighted by molar-refractivity contribution is 5.48. The molecule has 0 bridgehead atoms. The molecule has 21 heavy (non-hydrogen) atoms. The Morgan fingerprint density at radius 1 is 1.14 bits per heavy atom. The van der Waals surface area contributed by atoms with Crippen molar-refractivity contribution in [2.45, 2.75) is 31.7 Å². The Balaban J connectivity index is 1.77. The van der Waals surface area contributed by atoms with Gasteiger partial charge in [-0.05, 0) is 48.1 Å². The van der Waals surface area contributed by atoms with Crippen LogP contribution in [0.4, 0.5) is 5.69 Å². The van der Waals surface area contributed by atoms with Crippen molar-refractivity contribution < 1.29 is 0 Å². The average molecular weight is 280 g/mol. The quantitative estimate of drug-likeness (QED) is 0.925. The van der Waals surface area contributed by atoms with Gasteiger partial charge >= 0.3 is 0 Å². The first-order valence-corrected chi connectivity index (χ1v) is 7.86. The molecule has 2 heteroatoms. The maximum absolute atomic E-state index is 5.75. The molecular formula is C19H24N2. The van der Waals surface area contributed by atoms with E-state index in [-0.39, 0.29) is 0 Å². The van der Waals surface area contributed by atoms with E-state index in [1.807, 2.05) is 0 Å². The van der Waals surface area contributed by atoms with Crippen LogP contribution in [-0.4, -0.2) is 13.6 Å². The van der Waals surface area contributed by atoms with Crippen LogP contribution >= 0.6 is 0 Å². The second-order valence-electron chi connectivity index (χ2n) is 6.04. The Hall–Kier alpha value is -1.80. The van der Waals surface area contributed by atoms with Crippen molar-refractivity contribution >= 4 is 5.69 Å². The Kier molecular flexibility index (Phi) is 4.26. The number of likely N-dealkylation sites (N-methyl/N-ethyl adjacent to an activating group) is 1. The molecule has 1 aliphatic rings. The SMILES string of the molecule is CN(CC1CCCc2ccccc21)c1cccc(CN)c1. The van der Waals surface area contributed by atoms with E-state index in [0.717, 1.165) is 6.54 Å². The first-order chi connectivity index (χ1) is 10.3. The van der Waals surface area contributed by atoms with Gasteiger partial charge in [-0.3, -0.25) is 0 Å². The number of benzene rings is 2. The number of rotatable bonds is 4. The molecule has 2 nitrogen and oxygen atoms in total. The van der Waals surface area contributed by atoms with Gasteiger partial charge in [0, 0.05) is 31.7 Å². The monoisotopic (exact) mass is 280 g/mol. The van der Waals surface area contributed by atoms with Crippen LogP contribution in [0.5, 0.6) is 0 Å². The summed E-state index contributed by atoms with van der Waals surface area (Å²) < 4.78 is 0. The van der Waals surface area contributed by atoms with Gasteiger partial charge < -0.3 is 10.6 Å². The second-order valence-corrected chi connectivity index (χ2v) is 6.04. The maximum atomic E-state index is 5.75. The number of aryl methyl sites for hydroxylation is 1. The zero-order valence-corrected chi connectivity index (χ0v) is 12.8. The summed E-state index contributed by atoms with van der Waals surface area (Å²) in [5.74, 6) is 0.640. The molecule has 0 radical (unpaired) electrons. The van der Waals surface area contributed by atoms with E-state index in [1.54, 1.807) is 5.56 Å². The lowest BCUT2D eigenvalue weighted by molar-refractivity contribution is 0.551. The van der Waals surface area contributed by atoms with Gasteiger partial charge in [-0.2, -0.15) is 0 Å². The van der Waals surface area contributed by atoms with Crippen molar-refractivity contribution in [1.82, 2.24) is 0 Å². The number of nitrogens with zero attached hydrogens (tertiary/aromatic N) is 1. The Morgan fingerprint density at radius 3 is 2.86 bits per heavy atom. The standard InChI is InChI=1S/C19H24N2/c1-21(18-10-4-6-15(12-18)13-20)14-17-9-5-8-16-7-2-3-11-19(16)17/h2-4,6-7,10-12,17H,5,8-9,13-14,20H2,1H3. The fraction of sp³-hybridized carbons (Fsp3) is 0.368. The molecular weight excluding hydrogens is 256 g/mol. The van der Waals surface area contributed by atoms with Crippen LogP contribution in [0.25, 0.3) is 0 Å². The summed E-state index contributed by atoms with van der Waals surface area (Å²) in [5, 5.41) is 0. The van der Waals surface area contributed by atoms with Crippen molar-refractivity contribution in [2.24, 2.45) is 5.73 Å². The summed E-state index contributed by atoms with van der Waals surface area (Å²) >= 11 is 0. The van der Waals surface area contributed by atoms with Gasteiger partial charge in [0.05, 0.1) is 0 Å². The molecule has 0 fully saturated rings. The van der Waals surface area contributed by atoms with Gasteiger partial charge in [0.15, 0.2) is 0 Å². The van der Waals surface area contributed by atoms with Crippen LogP contribution in [0.15, 0.2) is 48.5 Å². The fourth-order valence-corrected chi connectivity index (χ4v) is 3.40. The summed E-state index contributed by atoms with van der Waals surface area (Å²) in [6.45, 7) is 1.68. The number of nitrogens with two attached hydrogens (primary N) is 1. The molecule has 0 heterocycles. The summed E-state index contributed by atoms with van der Waals surface area (Å²) in [6, 6.07) is 17.5. The van der Waals surface area contributed by atoms with Crippen LogP contribution in [0, 0.1) is 0 Å². The van der Waals surface area contributed by atoms with Crippen molar-refractivity contribution in [3.05, 3.63) is 65.2 Å². The van der Waals surface area contributed by atoms with E-state index >= 15 is 0 Å². The third-order valence-corrected chi connectivity index (χ3v) is 4.57. The molecule has 3 rings (SSSR count). The highest BCUT2D eigenvalue weighted by atomic mass is 15.1. The molecule has 1 unspecified atom stereocenters. The van der Waals surface area contributed by atoms with E-state index in [2.05, 4.69) is 60.5 Å². The van der Waals surface area contributed by atoms with Gasteiger partial charge in [0.25, 0.3) is 0 Å². The highest BCUT2D eigenvalue weighted by Crippen LogP contribution is 2.32. The lowest BCUT2D eigenvalue weighted by Gasteiger charge is -2.30. The molecule has 1 atom stereocenters. The predicted octanol–water partition coefficient (Wildman–Crippen LogP) is 3.70. The van der Waals surface area contributed by atoms with Crippen LogP contribution in [0.1, 0.15) is 35.4 Å². The molecule has 2 N–H and O–H groups in total. The molecule has 0 amide bonds. The molecule has 0 saturated carbocycles. The first kappa shape index (κ1) is 14.2. The Labute approximate surface area is 127 Å². The zero-order valence-electron chi connectivity index (χ0n) is 12.8. The van der Waals surface area contributed by atoms with Gasteiger partial charge in [-0.25, -0.2) is 0 Å². The smallest absolute Gasteiger partial charge is 0.0367 e. The molecule has 0 aromatic heterocycles. The highest BCUT2D eigenvalue weighted by Gasteiger charge is 2.21. The molecule has 2 aromatic carbocycles. The van der Waals surface area contributed by atoms with E-state index < -0.39 is 0 Å². The van der Waals surface area contributed by atoms with E-state index in [4.69, 9.17) is 5.73 Å². The summed E-state index contributed by atoms with van der Waals surface area (Å²) in [4.78, 5) is 2.37. The summed E-state index contributed by atoms with van der Waals surface area (Å²) in [7, 11) is 2.19. The summed E-state index contributed by atoms with van der Waals surface area (Å²) in [5.41, 5.74) is 11.3. The van der Waals surface area contributed by atoms with Gasteiger partial charge in [-0.15, -0.1) is 0 Å².